The molecule has 0 saturated carbocycles. The molecule has 1 atom stereocenters. The van der Waals surface area contributed by atoms with E-state index in [0.29, 0.717) is 12.3 Å². The van der Waals surface area contributed by atoms with Crippen molar-refractivity contribution in [3.63, 3.8) is 0 Å². The molecular weight excluding hydrogens is 310 g/mol. The molecule has 1 aliphatic heterocycles. The monoisotopic (exact) mass is 329 g/mol. The molecule has 1 heterocycles. The van der Waals surface area contributed by atoms with Gasteiger partial charge in [0.2, 0.25) is 5.91 Å². The van der Waals surface area contributed by atoms with Gasteiger partial charge >= 0.3 is 0 Å². The number of benzene rings is 2. The maximum atomic E-state index is 12.3. The van der Waals surface area contributed by atoms with Crippen molar-refractivity contribution >= 4 is 17.7 Å². The summed E-state index contributed by atoms with van der Waals surface area (Å²) in [4.78, 5) is 14.2. The van der Waals surface area contributed by atoms with Crippen LogP contribution in [-0.2, 0) is 11.3 Å². The van der Waals surface area contributed by atoms with E-state index in [2.05, 4.69) is 0 Å². The Kier molecular flexibility index (Phi) is 4.76. The van der Waals surface area contributed by atoms with E-state index >= 15 is 0 Å². The van der Waals surface area contributed by atoms with Crippen LogP contribution in [0, 0.1) is 0 Å². The second-order valence-electron chi connectivity index (χ2n) is 5.31. The lowest BCUT2D eigenvalue weighted by molar-refractivity contribution is -0.128. The van der Waals surface area contributed by atoms with E-state index in [1.54, 1.807) is 26.0 Å². The Morgan fingerprint density at radius 2 is 1.57 bits per heavy atom. The molecule has 1 amide bonds. The number of hydrogen-bond acceptors (Lipinski definition) is 4. The van der Waals surface area contributed by atoms with Crippen LogP contribution in [0.25, 0.3) is 0 Å². The Bertz CT molecular complexity index is 670. The molecule has 120 valence electrons. The standard InChI is InChI=1S/C18H19NO3S/c1-21-15-7-3-13(4-8-15)11-19-17(20)12-23-18(19)14-5-9-16(22-2)10-6-14/h3-10,18H,11-12H2,1-2H3/t18-/m0/s1. The summed E-state index contributed by atoms with van der Waals surface area (Å²) >= 11 is 1.66. The van der Waals surface area contributed by atoms with Gasteiger partial charge in [-0.05, 0) is 35.4 Å². The van der Waals surface area contributed by atoms with Crippen LogP contribution in [0.3, 0.4) is 0 Å². The number of nitrogens with zero attached hydrogens (tertiary/aromatic N) is 1. The summed E-state index contributed by atoms with van der Waals surface area (Å²) in [5.41, 5.74) is 2.22. The molecule has 1 aliphatic rings. The molecule has 2 aromatic rings. The lowest BCUT2D eigenvalue weighted by atomic mass is 10.1. The fourth-order valence-corrected chi connectivity index (χ4v) is 3.79. The van der Waals surface area contributed by atoms with Gasteiger partial charge in [0, 0.05) is 6.54 Å². The highest BCUT2D eigenvalue weighted by Crippen LogP contribution is 2.40. The summed E-state index contributed by atoms with van der Waals surface area (Å²) in [6.45, 7) is 0.604. The maximum Gasteiger partial charge on any atom is 0.234 e. The van der Waals surface area contributed by atoms with Crippen molar-refractivity contribution in [1.29, 1.82) is 0 Å². The minimum Gasteiger partial charge on any atom is -0.497 e. The number of thioether (sulfide) groups is 1. The first-order chi connectivity index (χ1) is 11.2. The van der Waals surface area contributed by atoms with Gasteiger partial charge in [-0.1, -0.05) is 24.3 Å². The average molecular weight is 329 g/mol. The molecule has 0 unspecified atom stereocenters. The molecule has 2 aromatic carbocycles. The highest BCUT2D eigenvalue weighted by Gasteiger charge is 2.32. The molecule has 0 aromatic heterocycles. The number of hydrogen-bond donors (Lipinski definition) is 0. The minimum absolute atomic E-state index is 0.0514. The van der Waals surface area contributed by atoms with Crippen molar-refractivity contribution in [2.45, 2.75) is 11.9 Å². The van der Waals surface area contributed by atoms with E-state index in [0.717, 1.165) is 22.6 Å². The SMILES string of the molecule is COc1ccc(CN2C(=O)CS[C@H]2c2ccc(OC)cc2)cc1. The van der Waals surface area contributed by atoms with Crippen molar-refractivity contribution in [3.05, 3.63) is 59.7 Å². The Labute approximate surface area is 140 Å². The second kappa shape index (κ2) is 6.96. The molecule has 5 heteroatoms. The van der Waals surface area contributed by atoms with Crippen LogP contribution < -0.4 is 9.47 Å². The Balaban J connectivity index is 1.78. The van der Waals surface area contributed by atoms with E-state index in [1.165, 1.54) is 0 Å². The lowest BCUT2D eigenvalue weighted by Gasteiger charge is -2.24. The van der Waals surface area contributed by atoms with Crippen molar-refractivity contribution in [1.82, 2.24) is 4.90 Å². The minimum atomic E-state index is 0.0514. The molecule has 0 radical (unpaired) electrons. The molecule has 0 N–H and O–H groups in total. The third-order valence-corrected chi connectivity index (χ3v) is 5.14. The number of rotatable bonds is 5. The van der Waals surface area contributed by atoms with E-state index in [-0.39, 0.29) is 11.3 Å². The van der Waals surface area contributed by atoms with Gasteiger partial charge in [-0.3, -0.25) is 4.79 Å². The fraction of sp³-hybridized carbons (Fsp3) is 0.278. The van der Waals surface area contributed by atoms with Gasteiger partial charge in [0.15, 0.2) is 0 Å². The highest BCUT2D eigenvalue weighted by atomic mass is 32.2. The normalized spacial score (nSPS) is 17.4. The van der Waals surface area contributed by atoms with Crippen LogP contribution >= 0.6 is 11.8 Å². The van der Waals surface area contributed by atoms with Crippen LogP contribution in [0.1, 0.15) is 16.5 Å². The van der Waals surface area contributed by atoms with Gasteiger partial charge in [-0.15, -0.1) is 11.8 Å². The Hall–Kier alpha value is -2.14. The van der Waals surface area contributed by atoms with Gasteiger partial charge in [-0.25, -0.2) is 0 Å². The van der Waals surface area contributed by atoms with Gasteiger partial charge in [-0.2, -0.15) is 0 Å². The van der Waals surface area contributed by atoms with Gasteiger partial charge < -0.3 is 14.4 Å². The first-order valence-electron chi connectivity index (χ1n) is 7.39. The van der Waals surface area contributed by atoms with Crippen LogP contribution in [0.5, 0.6) is 11.5 Å². The van der Waals surface area contributed by atoms with E-state index in [1.807, 2.05) is 53.4 Å². The maximum absolute atomic E-state index is 12.3. The van der Waals surface area contributed by atoms with Crippen LogP contribution in [0.2, 0.25) is 0 Å². The van der Waals surface area contributed by atoms with Gasteiger partial charge in [0.25, 0.3) is 0 Å². The first-order valence-corrected chi connectivity index (χ1v) is 8.44. The summed E-state index contributed by atoms with van der Waals surface area (Å²) < 4.78 is 10.4. The molecule has 1 saturated heterocycles. The van der Waals surface area contributed by atoms with Gasteiger partial charge in [0.05, 0.1) is 20.0 Å². The topological polar surface area (TPSA) is 38.8 Å². The van der Waals surface area contributed by atoms with Crippen molar-refractivity contribution in [2.24, 2.45) is 0 Å². The molecule has 0 aliphatic carbocycles. The average Bonchev–Trinajstić information content (AvgIpc) is 2.96. The molecule has 1 fully saturated rings. The summed E-state index contributed by atoms with van der Waals surface area (Å²) in [6, 6.07) is 15.8. The lowest BCUT2D eigenvalue weighted by Crippen LogP contribution is -2.27. The smallest absolute Gasteiger partial charge is 0.234 e. The first kappa shape index (κ1) is 15.7. The predicted octanol–water partition coefficient (Wildman–Crippen LogP) is 3.48. The Morgan fingerprint density at radius 1 is 1.00 bits per heavy atom. The molecule has 0 spiro atoms. The van der Waals surface area contributed by atoms with Crippen LogP contribution in [0.4, 0.5) is 0 Å². The largest absolute Gasteiger partial charge is 0.497 e. The van der Waals surface area contributed by atoms with Crippen molar-refractivity contribution < 1.29 is 14.3 Å². The third kappa shape index (κ3) is 3.45. The number of ether oxygens (including phenoxy) is 2. The zero-order valence-corrected chi connectivity index (χ0v) is 14.0. The van der Waals surface area contributed by atoms with Gasteiger partial charge in [0.1, 0.15) is 16.9 Å². The number of carbonyl (C=O) groups excluding carboxylic acids is 1. The summed E-state index contributed by atoms with van der Waals surface area (Å²) in [6.07, 6.45) is 0. The second-order valence-corrected chi connectivity index (χ2v) is 6.37. The molecule has 4 nitrogen and oxygen atoms in total. The summed E-state index contributed by atoms with van der Waals surface area (Å²) in [5.74, 6) is 2.34. The van der Waals surface area contributed by atoms with Crippen LogP contribution in [-0.4, -0.2) is 30.8 Å². The number of methoxy groups -OCH3 is 2. The predicted molar refractivity (Wildman–Crippen MR) is 91.7 cm³/mol. The van der Waals surface area contributed by atoms with Crippen molar-refractivity contribution in [2.75, 3.05) is 20.0 Å². The highest BCUT2D eigenvalue weighted by molar-refractivity contribution is 8.00. The number of amides is 1. The summed E-state index contributed by atoms with van der Waals surface area (Å²) in [7, 11) is 3.30. The van der Waals surface area contributed by atoms with Crippen molar-refractivity contribution in [3.8, 4) is 11.5 Å². The fourth-order valence-electron chi connectivity index (χ4n) is 2.60. The quantitative estimate of drug-likeness (QED) is 0.842. The van der Waals surface area contributed by atoms with E-state index in [9.17, 15) is 4.79 Å². The Morgan fingerprint density at radius 3 is 2.13 bits per heavy atom. The summed E-state index contributed by atoms with van der Waals surface area (Å²) in [5, 5.41) is 0.0514. The third-order valence-electron chi connectivity index (χ3n) is 3.88. The van der Waals surface area contributed by atoms with E-state index in [4.69, 9.17) is 9.47 Å². The molecule has 3 rings (SSSR count). The number of carbonyl (C=O) groups is 1. The molecular formula is C18H19NO3S. The molecule has 0 bridgehead atoms. The van der Waals surface area contributed by atoms with E-state index < -0.39 is 0 Å². The zero-order valence-electron chi connectivity index (χ0n) is 13.2. The van der Waals surface area contributed by atoms with Crippen LogP contribution in [0.15, 0.2) is 48.5 Å². The zero-order chi connectivity index (χ0) is 16.2. The molecule has 23 heavy (non-hydrogen) atoms.